The van der Waals surface area contributed by atoms with E-state index in [-0.39, 0.29) is 11.9 Å². The summed E-state index contributed by atoms with van der Waals surface area (Å²) in [5, 5.41) is 6.15. The molecule has 2 rings (SSSR count). The summed E-state index contributed by atoms with van der Waals surface area (Å²) in [7, 11) is 0. The van der Waals surface area contributed by atoms with Gasteiger partial charge in [-0.3, -0.25) is 9.78 Å². The molecule has 0 spiro atoms. The Balaban J connectivity index is 1.74. The number of nitrogens with zero attached hydrogens (tertiary/aromatic N) is 1. The molecular formula is C12H17N3O. The Morgan fingerprint density at radius 1 is 1.62 bits per heavy atom. The van der Waals surface area contributed by atoms with E-state index in [1.165, 1.54) is 0 Å². The third-order valence-corrected chi connectivity index (χ3v) is 2.65. The van der Waals surface area contributed by atoms with Crippen LogP contribution < -0.4 is 10.6 Å². The van der Waals surface area contributed by atoms with Crippen LogP contribution in [0.4, 0.5) is 0 Å². The van der Waals surface area contributed by atoms with Crippen LogP contribution in [0, 0.1) is 0 Å². The molecule has 1 unspecified atom stereocenters. The quantitative estimate of drug-likeness (QED) is 0.771. The van der Waals surface area contributed by atoms with Crippen LogP contribution in [0.5, 0.6) is 0 Å². The Morgan fingerprint density at radius 3 is 3.06 bits per heavy atom. The minimum Gasteiger partial charge on any atom is -0.352 e. The average molecular weight is 219 g/mol. The maximum Gasteiger partial charge on any atom is 0.237 e. The number of aromatic nitrogens is 1. The number of carbonyl (C=O) groups is 1. The molecule has 4 nitrogen and oxygen atoms in total. The molecule has 4 heteroatoms. The number of amides is 1. The van der Waals surface area contributed by atoms with Gasteiger partial charge >= 0.3 is 0 Å². The topological polar surface area (TPSA) is 54.0 Å². The fourth-order valence-corrected chi connectivity index (χ4v) is 1.42. The van der Waals surface area contributed by atoms with Crippen LogP contribution in [-0.4, -0.2) is 23.0 Å². The van der Waals surface area contributed by atoms with E-state index in [1.807, 2.05) is 19.1 Å². The number of hydrogen-bond donors (Lipinski definition) is 2. The fourth-order valence-electron chi connectivity index (χ4n) is 1.42. The molecule has 0 aliphatic heterocycles. The first-order valence-corrected chi connectivity index (χ1v) is 5.68. The van der Waals surface area contributed by atoms with Gasteiger partial charge in [-0.25, -0.2) is 0 Å². The summed E-state index contributed by atoms with van der Waals surface area (Å²) in [4.78, 5) is 15.7. The summed E-state index contributed by atoms with van der Waals surface area (Å²) in [6, 6.07) is 4.16. The molecule has 1 aliphatic rings. The third kappa shape index (κ3) is 3.31. The van der Waals surface area contributed by atoms with E-state index in [9.17, 15) is 4.79 Å². The Bertz CT molecular complexity index is 349. The molecule has 86 valence electrons. The van der Waals surface area contributed by atoms with Gasteiger partial charge in [0, 0.05) is 25.0 Å². The third-order valence-electron chi connectivity index (χ3n) is 2.65. The van der Waals surface area contributed by atoms with Crippen LogP contribution in [0.2, 0.25) is 0 Å². The molecule has 1 amide bonds. The summed E-state index contributed by atoms with van der Waals surface area (Å²) in [6.45, 7) is 2.56. The number of hydrogen-bond acceptors (Lipinski definition) is 3. The van der Waals surface area contributed by atoms with E-state index in [0.29, 0.717) is 12.6 Å². The number of carbonyl (C=O) groups excluding carboxylic acids is 1. The molecular weight excluding hydrogens is 202 g/mol. The Labute approximate surface area is 95.5 Å². The van der Waals surface area contributed by atoms with Gasteiger partial charge in [0.25, 0.3) is 0 Å². The molecule has 0 saturated heterocycles. The van der Waals surface area contributed by atoms with Gasteiger partial charge in [0.15, 0.2) is 0 Å². The van der Waals surface area contributed by atoms with Crippen molar-refractivity contribution in [2.75, 3.05) is 0 Å². The van der Waals surface area contributed by atoms with Crippen LogP contribution in [0.15, 0.2) is 24.5 Å². The predicted molar refractivity (Wildman–Crippen MR) is 61.7 cm³/mol. The fraction of sp³-hybridized carbons (Fsp3) is 0.500. The van der Waals surface area contributed by atoms with E-state index in [0.717, 1.165) is 18.4 Å². The van der Waals surface area contributed by atoms with Crippen molar-refractivity contribution in [2.45, 2.75) is 38.4 Å². The zero-order valence-electron chi connectivity index (χ0n) is 9.44. The summed E-state index contributed by atoms with van der Waals surface area (Å²) in [5.74, 6) is 0.0893. The highest BCUT2D eigenvalue weighted by atomic mass is 16.2. The monoisotopic (exact) mass is 219 g/mol. The molecule has 0 radical (unpaired) electrons. The average Bonchev–Trinajstić information content (AvgIpc) is 3.11. The van der Waals surface area contributed by atoms with Gasteiger partial charge in [-0.15, -0.1) is 0 Å². The van der Waals surface area contributed by atoms with Crippen molar-refractivity contribution in [1.82, 2.24) is 15.6 Å². The van der Waals surface area contributed by atoms with Gasteiger partial charge in [-0.2, -0.15) is 0 Å². The number of rotatable bonds is 5. The molecule has 1 aromatic heterocycles. The summed E-state index contributed by atoms with van der Waals surface area (Å²) in [6.07, 6.45) is 5.80. The maximum absolute atomic E-state index is 11.6. The second kappa shape index (κ2) is 5.07. The summed E-state index contributed by atoms with van der Waals surface area (Å²) in [5.41, 5.74) is 1.09. The van der Waals surface area contributed by atoms with E-state index in [4.69, 9.17) is 0 Å². The van der Waals surface area contributed by atoms with E-state index in [1.54, 1.807) is 12.4 Å². The normalized spacial score (nSPS) is 16.8. The lowest BCUT2D eigenvalue weighted by molar-refractivity contribution is -0.122. The van der Waals surface area contributed by atoms with Crippen LogP contribution in [0.3, 0.4) is 0 Å². The van der Waals surface area contributed by atoms with Gasteiger partial charge in [0.2, 0.25) is 5.91 Å². The Kier molecular flexibility index (Phi) is 3.51. The highest BCUT2D eigenvalue weighted by molar-refractivity contribution is 5.81. The lowest BCUT2D eigenvalue weighted by Gasteiger charge is -2.13. The lowest BCUT2D eigenvalue weighted by atomic mass is 10.2. The van der Waals surface area contributed by atoms with Crippen molar-refractivity contribution >= 4 is 5.91 Å². The Morgan fingerprint density at radius 2 is 2.44 bits per heavy atom. The summed E-state index contributed by atoms with van der Waals surface area (Å²) >= 11 is 0. The largest absolute Gasteiger partial charge is 0.352 e. The highest BCUT2D eigenvalue weighted by Gasteiger charge is 2.25. The second-order valence-electron chi connectivity index (χ2n) is 4.25. The molecule has 1 aromatic rings. The number of nitrogens with one attached hydrogen (secondary N) is 2. The van der Waals surface area contributed by atoms with E-state index >= 15 is 0 Å². The molecule has 0 bridgehead atoms. The smallest absolute Gasteiger partial charge is 0.237 e. The highest BCUT2D eigenvalue weighted by Crippen LogP contribution is 2.18. The van der Waals surface area contributed by atoms with Gasteiger partial charge in [-0.1, -0.05) is 6.07 Å². The maximum atomic E-state index is 11.6. The van der Waals surface area contributed by atoms with Crippen molar-refractivity contribution in [1.29, 1.82) is 0 Å². The van der Waals surface area contributed by atoms with Crippen LogP contribution in [0.25, 0.3) is 0 Å². The minimum absolute atomic E-state index is 0.0893. The van der Waals surface area contributed by atoms with Crippen LogP contribution >= 0.6 is 0 Å². The molecule has 1 atom stereocenters. The zero-order valence-corrected chi connectivity index (χ0v) is 9.44. The second-order valence-corrected chi connectivity index (χ2v) is 4.25. The SMILES string of the molecule is CC(NCc1cccnc1)C(=O)NC1CC1. The zero-order chi connectivity index (χ0) is 11.4. The van der Waals surface area contributed by atoms with Gasteiger partial charge in [-0.05, 0) is 31.4 Å². The first-order valence-electron chi connectivity index (χ1n) is 5.68. The van der Waals surface area contributed by atoms with Crippen molar-refractivity contribution in [2.24, 2.45) is 0 Å². The van der Waals surface area contributed by atoms with Crippen LogP contribution in [-0.2, 0) is 11.3 Å². The van der Waals surface area contributed by atoms with Crippen LogP contribution in [0.1, 0.15) is 25.3 Å². The molecule has 16 heavy (non-hydrogen) atoms. The molecule has 1 fully saturated rings. The standard InChI is InChI=1S/C12H17N3O/c1-9(12(16)15-11-4-5-11)14-8-10-3-2-6-13-7-10/h2-3,6-7,9,11,14H,4-5,8H2,1H3,(H,15,16). The molecule has 1 aliphatic carbocycles. The Hall–Kier alpha value is -1.42. The van der Waals surface area contributed by atoms with E-state index in [2.05, 4.69) is 15.6 Å². The first kappa shape index (κ1) is 11.1. The minimum atomic E-state index is -0.152. The molecule has 1 heterocycles. The van der Waals surface area contributed by atoms with Crippen molar-refractivity contribution in [3.8, 4) is 0 Å². The van der Waals surface area contributed by atoms with Gasteiger partial charge in [0.05, 0.1) is 6.04 Å². The molecule has 0 aromatic carbocycles. The first-order chi connectivity index (χ1) is 7.75. The number of pyridine rings is 1. The summed E-state index contributed by atoms with van der Waals surface area (Å²) < 4.78 is 0. The lowest BCUT2D eigenvalue weighted by Crippen LogP contribution is -2.42. The molecule has 1 saturated carbocycles. The van der Waals surface area contributed by atoms with Gasteiger partial charge < -0.3 is 10.6 Å². The van der Waals surface area contributed by atoms with Crippen molar-refractivity contribution in [3.63, 3.8) is 0 Å². The predicted octanol–water partition coefficient (Wildman–Crippen LogP) is 0.838. The van der Waals surface area contributed by atoms with E-state index < -0.39 is 0 Å². The van der Waals surface area contributed by atoms with Crippen molar-refractivity contribution < 1.29 is 4.79 Å². The molecule has 2 N–H and O–H groups in total. The van der Waals surface area contributed by atoms with Crippen molar-refractivity contribution in [3.05, 3.63) is 30.1 Å². The van der Waals surface area contributed by atoms with Gasteiger partial charge in [0.1, 0.15) is 0 Å².